The SMILES string of the molecule is CCCCN(C)S(=O)(=O)c1ccc(C(=O)Nc2nnc(-c3ccc(Br)cc3)o2)cc1. The lowest BCUT2D eigenvalue weighted by Gasteiger charge is -2.16. The molecular formula is C20H21BrN4O4S. The maximum atomic E-state index is 12.6. The highest BCUT2D eigenvalue weighted by Gasteiger charge is 2.21. The van der Waals surface area contributed by atoms with Crippen LogP contribution >= 0.6 is 15.9 Å². The third-order valence-corrected chi connectivity index (χ3v) is 6.79. The monoisotopic (exact) mass is 492 g/mol. The molecule has 0 saturated heterocycles. The fourth-order valence-electron chi connectivity index (χ4n) is 2.61. The zero-order valence-corrected chi connectivity index (χ0v) is 18.9. The van der Waals surface area contributed by atoms with Crippen LogP contribution in [0.4, 0.5) is 6.01 Å². The highest BCUT2D eigenvalue weighted by molar-refractivity contribution is 9.10. The van der Waals surface area contributed by atoms with Crippen LogP contribution in [0.1, 0.15) is 30.1 Å². The number of halogens is 1. The molecule has 0 bridgehead atoms. The second-order valence-corrected chi connectivity index (χ2v) is 9.54. The van der Waals surface area contributed by atoms with Crippen molar-refractivity contribution in [2.24, 2.45) is 0 Å². The van der Waals surface area contributed by atoms with Crippen molar-refractivity contribution in [1.29, 1.82) is 0 Å². The van der Waals surface area contributed by atoms with Crippen molar-refractivity contribution in [3.63, 3.8) is 0 Å². The van der Waals surface area contributed by atoms with Gasteiger partial charge in [0.1, 0.15) is 0 Å². The Morgan fingerprint density at radius 2 is 1.77 bits per heavy atom. The molecule has 3 rings (SSSR count). The zero-order chi connectivity index (χ0) is 21.7. The van der Waals surface area contributed by atoms with Crippen molar-refractivity contribution >= 4 is 37.9 Å². The molecule has 8 nitrogen and oxygen atoms in total. The Kier molecular flexibility index (Phi) is 7.01. The number of amides is 1. The average molecular weight is 493 g/mol. The molecule has 10 heteroatoms. The standard InChI is InChI=1S/C20H21BrN4O4S/c1-3-4-13-25(2)30(27,28)17-11-7-14(8-12-17)18(26)22-20-24-23-19(29-20)15-5-9-16(21)10-6-15/h5-12H,3-4,13H2,1-2H3,(H,22,24,26). The summed E-state index contributed by atoms with van der Waals surface area (Å²) in [6, 6.07) is 13.0. The molecule has 0 saturated carbocycles. The van der Waals surface area contributed by atoms with E-state index in [-0.39, 0.29) is 22.4 Å². The predicted molar refractivity (Wildman–Crippen MR) is 117 cm³/mol. The number of nitrogens with one attached hydrogen (secondary N) is 1. The lowest BCUT2D eigenvalue weighted by Crippen LogP contribution is -2.28. The molecule has 0 unspecified atom stereocenters. The first-order chi connectivity index (χ1) is 14.3. The predicted octanol–water partition coefficient (Wildman–Crippen LogP) is 4.17. The summed E-state index contributed by atoms with van der Waals surface area (Å²) < 4.78 is 32.8. The molecule has 2 aromatic carbocycles. The number of rotatable bonds is 8. The summed E-state index contributed by atoms with van der Waals surface area (Å²) in [4.78, 5) is 12.6. The van der Waals surface area contributed by atoms with Gasteiger partial charge in [-0.25, -0.2) is 12.7 Å². The molecule has 1 N–H and O–H groups in total. The van der Waals surface area contributed by atoms with Gasteiger partial charge < -0.3 is 4.42 Å². The Morgan fingerprint density at radius 3 is 2.40 bits per heavy atom. The number of carbonyl (C=O) groups is 1. The summed E-state index contributed by atoms with van der Waals surface area (Å²) in [5, 5.41) is 10.3. The normalized spacial score (nSPS) is 11.6. The fraction of sp³-hybridized carbons (Fsp3) is 0.250. The molecule has 1 heterocycles. The number of hydrogen-bond donors (Lipinski definition) is 1. The van der Waals surface area contributed by atoms with Crippen molar-refractivity contribution in [3.05, 3.63) is 58.6 Å². The number of carbonyl (C=O) groups excluding carboxylic acids is 1. The third-order valence-electron chi connectivity index (χ3n) is 4.39. The first-order valence-electron chi connectivity index (χ1n) is 9.28. The van der Waals surface area contributed by atoms with Crippen LogP contribution in [0.3, 0.4) is 0 Å². The Bertz CT molecular complexity index is 1110. The van der Waals surface area contributed by atoms with Gasteiger partial charge in [0, 0.05) is 29.2 Å². The van der Waals surface area contributed by atoms with Gasteiger partial charge in [-0.2, -0.15) is 0 Å². The summed E-state index contributed by atoms with van der Waals surface area (Å²) in [7, 11) is -2.04. The maximum Gasteiger partial charge on any atom is 0.322 e. The maximum absolute atomic E-state index is 12.6. The number of unbranched alkanes of at least 4 members (excludes halogenated alkanes) is 1. The van der Waals surface area contributed by atoms with E-state index in [0.717, 1.165) is 17.3 Å². The smallest absolute Gasteiger partial charge is 0.322 e. The number of nitrogens with zero attached hydrogens (tertiary/aromatic N) is 3. The Morgan fingerprint density at radius 1 is 1.10 bits per heavy atom. The molecule has 0 aliphatic carbocycles. The largest absolute Gasteiger partial charge is 0.403 e. The van der Waals surface area contributed by atoms with Crippen LogP contribution < -0.4 is 5.32 Å². The van der Waals surface area contributed by atoms with Crippen LogP contribution in [0, 0.1) is 0 Å². The van der Waals surface area contributed by atoms with Gasteiger partial charge in [-0.3, -0.25) is 10.1 Å². The van der Waals surface area contributed by atoms with Crippen molar-refractivity contribution in [1.82, 2.24) is 14.5 Å². The van der Waals surface area contributed by atoms with Crippen LogP contribution in [0.25, 0.3) is 11.5 Å². The van der Waals surface area contributed by atoms with E-state index in [9.17, 15) is 13.2 Å². The Labute approximate surface area is 183 Å². The topological polar surface area (TPSA) is 105 Å². The molecule has 0 atom stereocenters. The lowest BCUT2D eigenvalue weighted by atomic mass is 10.2. The summed E-state index contributed by atoms with van der Waals surface area (Å²) in [6.45, 7) is 2.44. The highest BCUT2D eigenvalue weighted by Crippen LogP contribution is 2.22. The molecule has 30 heavy (non-hydrogen) atoms. The molecule has 0 aliphatic heterocycles. The minimum atomic E-state index is -3.59. The molecule has 0 aliphatic rings. The van der Waals surface area contributed by atoms with Crippen molar-refractivity contribution < 1.29 is 17.6 Å². The fourth-order valence-corrected chi connectivity index (χ4v) is 4.09. The molecule has 3 aromatic rings. The minimum absolute atomic E-state index is 0.0473. The number of hydrogen-bond acceptors (Lipinski definition) is 6. The first kappa shape index (κ1) is 22.1. The van der Waals surface area contributed by atoms with Crippen LogP contribution in [0.15, 0.2) is 62.3 Å². The number of benzene rings is 2. The van der Waals surface area contributed by atoms with Gasteiger partial charge in [-0.1, -0.05) is 34.4 Å². The minimum Gasteiger partial charge on any atom is -0.403 e. The van der Waals surface area contributed by atoms with Crippen molar-refractivity contribution in [3.8, 4) is 11.5 Å². The van der Waals surface area contributed by atoms with E-state index >= 15 is 0 Å². The quantitative estimate of drug-likeness (QED) is 0.505. The van der Waals surface area contributed by atoms with Crippen LogP contribution in [-0.2, 0) is 10.0 Å². The Balaban J connectivity index is 1.69. The molecule has 0 fully saturated rings. The van der Waals surface area contributed by atoms with Crippen LogP contribution in [-0.4, -0.2) is 42.4 Å². The van der Waals surface area contributed by atoms with E-state index in [4.69, 9.17) is 4.42 Å². The van der Waals surface area contributed by atoms with Gasteiger partial charge >= 0.3 is 6.01 Å². The van der Waals surface area contributed by atoms with Gasteiger partial charge in [-0.15, -0.1) is 5.10 Å². The summed E-state index contributed by atoms with van der Waals surface area (Å²) in [5.74, 6) is -0.210. The van der Waals surface area contributed by atoms with Crippen LogP contribution in [0.2, 0.25) is 0 Å². The summed E-state index contributed by atoms with van der Waals surface area (Å²) in [6.07, 6.45) is 1.68. The van der Waals surface area contributed by atoms with E-state index < -0.39 is 15.9 Å². The highest BCUT2D eigenvalue weighted by atomic mass is 79.9. The Hall–Kier alpha value is -2.56. The first-order valence-corrected chi connectivity index (χ1v) is 11.5. The van der Waals surface area contributed by atoms with E-state index in [1.165, 1.54) is 28.6 Å². The van der Waals surface area contributed by atoms with Crippen molar-refractivity contribution in [2.45, 2.75) is 24.7 Å². The summed E-state index contributed by atoms with van der Waals surface area (Å²) >= 11 is 3.35. The molecule has 0 spiro atoms. The van der Waals surface area contributed by atoms with E-state index in [1.54, 1.807) is 19.2 Å². The average Bonchev–Trinajstić information content (AvgIpc) is 3.20. The zero-order valence-electron chi connectivity index (χ0n) is 16.5. The number of aromatic nitrogens is 2. The van der Waals surface area contributed by atoms with Gasteiger partial charge in [0.2, 0.25) is 15.9 Å². The van der Waals surface area contributed by atoms with Gasteiger partial charge in [0.05, 0.1) is 4.90 Å². The van der Waals surface area contributed by atoms with Crippen molar-refractivity contribution in [2.75, 3.05) is 18.9 Å². The van der Waals surface area contributed by atoms with E-state index in [2.05, 4.69) is 31.4 Å². The lowest BCUT2D eigenvalue weighted by molar-refractivity contribution is 0.102. The molecule has 1 amide bonds. The van der Waals surface area contributed by atoms with Gasteiger partial charge in [-0.05, 0) is 55.0 Å². The van der Waals surface area contributed by atoms with Gasteiger partial charge in [0.25, 0.3) is 5.91 Å². The van der Waals surface area contributed by atoms with Gasteiger partial charge in [0.15, 0.2) is 0 Å². The third kappa shape index (κ3) is 5.13. The number of sulfonamides is 1. The second-order valence-electron chi connectivity index (χ2n) is 6.58. The molecular weight excluding hydrogens is 472 g/mol. The van der Waals surface area contributed by atoms with Crippen LogP contribution in [0.5, 0.6) is 0 Å². The molecule has 0 radical (unpaired) electrons. The molecule has 1 aromatic heterocycles. The second kappa shape index (κ2) is 9.50. The van der Waals surface area contributed by atoms with E-state index in [0.29, 0.717) is 12.1 Å². The van der Waals surface area contributed by atoms with E-state index in [1.807, 2.05) is 19.1 Å². The number of anilines is 1. The molecule has 158 valence electrons. The summed E-state index contributed by atoms with van der Waals surface area (Å²) in [5.41, 5.74) is 0.988.